The van der Waals surface area contributed by atoms with Gasteiger partial charge in [-0.25, -0.2) is 4.79 Å². The maximum absolute atomic E-state index is 11.7. The molecule has 4 nitrogen and oxygen atoms in total. The van der Waals surface area contributed by atoms with E-state index in [0.717, 1.165) is 22.6 Å². The molecule has 0 saturated carbocycles. The number of ether oxygens (including phenoxy) is 3. The fourth-order valence-electron chi connectivity index (χ4n) is 1.97. The predicted molar refractivity (Wildman–Crippen MR) is 89.4 cm³/mol. The summed E-state index contributed by atoms with van der Waals surface area (Å²) in [7, 11) is 1.60. The van der Waals surface area contributed by atoms with Gasteiger partial charge in [-0.05, 0) is 48.4 Å². The van der Waals surface area contributed by atoms with E-state index in [-0.39, 0.29) is 12.6 Å². The molecular weight excluding hydrogens is 292 g/mol. The summed E-state index contributed by atoms with van der Waals surface area (Å²) in [5, 5.41) is 0. The molecule has 0 radical (unpaired) electrons. The van der Waals surface area contributed by atoms with Gasteiger partial charge in [-0.1, -0.05) is 24.3 Å². The number of hydrogen-bond acceptors (Lipinski definition) is 4. The minimum atomic E-state index is -0.387. The lowest BCUT2D eigenvalue weighted by Crippen LogP contribution is -2.00. The minimum absolute atomic E-state index is 0.212. The highest BCUT2D eigenvalue weighted by atomic mass is 16.5. The summed E-state index contributed by atoms with van der Waals surface area (Å²) in [5.41, 5.74) is 1.79. The smallest absolute Gasteiger partial charge is 0.331 e. The molecule has 0 aliphatic rings. The highest BCUT2D eigenvalue weighted by Gasteiger charge is 2.00. The third kappa shape index (κ3) is 5.51. The topological polar surface area (TPSA) is 44.8 Å². The van der Waals surface area contributed by atoms with E-state index in [9.17, 15) is 4.79 Å². The first-order valence-electron chi connectivity index (χ1n) is 7.42. The van der Waals surface area contributed by atoms with Gasteiger partial charge in [0.25, 0.3) is 0 Å². The number of benzene rings is 2. The van der Waals surface area contributed by atoms with Crippen molar-refractivity contribution in [3.05, 3.63) is 65.7 Å². The first kappa shape index (κ1) is 16.6. The van der Waals surface area contributed by atoms with E-state index in [1.54, 1.807) is 13.2 Å². The van der Waals surface area contributed by atoms with Gasteiger partial charge in [0.2, 0.25) is 0 Å². The fraction of sp³-hybridized carbons (Fsp3) is 0.211. The molecule has 0 spiro atoms. The zero-order valence-electron chi connectivity index (χ0n) is 13.3. The van der Waals surface area contributed by atoms with Gasteiger partial charge in [0, 0.05) is 6.08 Å². The molecule has 0 aliphatic heterocycles. The van der Waals surface area contributed by atoms with Crippen LogP contribution in [-0.4, -0.2) is 19.7 Å². The Kier molecular flexibility index (Phi) is 6.24. The molecule has 0 aromatic heterocycles. The van der Waals surface area contributed by atoms with Crippen LogP contribution in [-0.2, 0) is 16.1 Å². The molecule has 0 N–H and O–H groups in total. The second-order valence-corrected chi connectivity index (χ2v) is 4.79. The van der Waals surface area contributed by atoms with Crippen molar-refractivity contribution in [2.45, 2.75) is 13.5 Å². The molecule has 0 unspecified atom stereocenters. The lowest BCUT2D eigenvalue weighted by atomic mass is 10.2. The molecule has 2 rings (SSSR count). The molecule has 23 heavy (non-hydrogen) atoms. The first-order chi connectivity index (χ1) is 11.2. The summed E-state index contributed by atoms with van der Waals surface area (Å²) in [4.78, 5) is 11.7. The zero-order valence-corrected chi connectivity index (χ0v) is 13.3. The lowest BCUT2D eigenvalue weighted by Gasteiger charge is -2.05. The lowest BCUT2D eigenvalue weighted by molar-refractivity contribution is -0.138. The standard InChI is InChI=1S/C19H20O4/c1-3-22-17-10-7-15(8-11-17)9-12-19(20)23-14-16-5-4-6-18(13-16)21-2/h4-13H,3,14H2,1-2H3/b12-9+. The van der Waals surface area contributed by atoms with Crippen LogP contribution in [0.5, 0.6) is 11.5 Å². The number of hydrogen-bond donors (Lipinski definition) is 0. The van der Waals surface area contributed by atoms with Crippen molar-refractivity contribution in [1.82, 2.24) is 0 Å². The second kappa shape index (κ2) is 8.63. The van der Waals surface area contributed by atoms with Crippen molar-refractivity contribution >= 4 is 12.0 Å². The summed E-state index contributed by atoms with van der Waals surface area (Å²) in [6.07, 6.45) is 3.12. The SMILES string of the molecule is CCOc1ccc(/C=C/C(=O)OCc2cccc(OC)c2)cc1. The Bertz CT molecular complexity index is 659. The van der Waals surface area contributed by atoms with Crippen LogP contribution in [0, 0.1) is 0 Å². The van der Waals surface area contributed by atoms with Gasteiger partial charge in [0.05, 0.1) is 13.7 Å². The highest BCUT2D eigenvalue weighted by molar-refractivity contribution is 5.87. The molecule has 120 valence electrons. The minimum Gasteiger partial charge on any atom is -0.497 e. The Hall–Kier alpha value is -2.75. The Morgan fingerprint density at radius 2 is 1.87 bits per heavy atom. The van der Waals surface area contributed by atoms with Gasteiger partial charge < -0.3 is 14.2 Å². The van der Waals surface area contributed by atoms with Crippen LogP contribution in [0.2, 0.25) is 0 Å². The third-order valence-corrected chi connectivity index (χ3v) is 3.12. The number of carbonyl (C=O) groups excluding carboxylic acids is 1. The third-order valence-electron chi connectivity index (χ3n) is 3.12. The van der Waals surface area contributed by atoms with E-state index in [1.807, 2.05) is 55.5 Å². The van der Waals surface area contributed by atoms with Gasteiger partial charge in [0.1, 0.15) is 18.1 Å². The van der Waals surface area contributed by atoms with Crippen molar-refractivity contribution < 1.29 is 19.0 Å². The highest BCUT2D eigenvalue weighted by Crippen LogP contribution is 2.14. The van der Waals surface area contributed by atoms with E-state index in [4.69, 9.17) is 14.2 Å². The number of carbonyl (C=O) groups is 1. The first-order valence-corrected chi connectivity index (χ1v) is 7.42. The van der Waals surface area contributed by atoms with Crippen LogP contribution in [0.15, 0.2) is 54.6 Å². The van der Waals surface area contributed by atoms with Crippen LogP contribution in [0.3, 0.4) is 0 Å². The Morgan fingerprint density at radius 3 is 2.57 bits per heavy atom. The van der Waals surface area contributed by atoms with Crippen LogP contribution >= 0.6 is 0 Å². The van der Waals surface area contributed by atoms with Crippen LogP contribution in [0.4, 0.5) is 0 Å². The van der Waals surface area contributed by atoms with E-state index in [2.05, 4.69) is 0 Å². The van der Waals surface area contributed by atoms with Gasteiger partial charge >= 0.3 is 5.97 Å². The number of methoxy groups -OCH3 is 1. The predicted octanol–water partition coefficient (Wildman–Crippen LogP) is 3.85. The molecule has 0 saturated heterocycles. The quantitative estimate of drug-likeness (QED) is 0.575. The average molecular weight is 312 g/mol. The van der Waals surface area contributed by atoms with Gasteiger partial charge in [-0.3, -0.25) is 0 Å². The number of rotatable bonds is 7. The monoisotopic (exact) mass is 312 g/mol. The fourth-order valence-corrected chi connectivity index (χ4v) is 1.97. The summed E-state index contributed by atoms with van der Waals surface area (Å²) >= 11 is 0. The van der Waals surface area contributed by atoms with E-state index in [1.165, 1.54) is 6.08 Å². The van der Waals surface area contributed by atoms with Gasteiger partial charge in [-0.15, -0.1) is 0 Å². The van der Waals surface area contributed by atoms with Gasteiger partial charge in [0.15, 0.2) is 0 Å². The Morgan fingerprint density at radius 1 is 1.09 bits per heavy atom. The average Bonchev–Trinajstić information content (AvgIpc) is 2.60. The molecule has 0 aliphatic carbocycles. The molecule has 0 atom stereocenters. The van der Waals surface area contributed by atoms with Crippen LogP contribution in [0.1, 0.15) is 18.1 Å². The van der Waals surface area contributed by atoms with Crippen molar-refractivity contribution in [2.75, 3.05) is 13.7 Å². The molecular formula is C19H20O4. The Balaban J connectivity index is 1.86. The zero-order chi connectivity index (χ0) is 16.5. The molecule has 0 fully saturated rings. The molecule has 0 heterocycles. The molecule has 4 heteroatoms. The number of esters is 1. The summed E-state index contributed by atoms with van der Waals surface area (Å²) in [6, 6.07) is 14.9. The van der Waals surface area contributed by atoms with Crippen molar-refractivity contribution in [1.29, 1.82) is 0 Å². The van der Waals surface area contributed by atoms with E-state index < -0.39 is 0 Å². The van der Waals surface area contributed by atoms with Crippen LogP contribution in [0.25, 0.3) is 6.08 Å². The summed E-state index contributed by atoms with van der Waals surface area (Å²) in [6.45, 7) is 2.78. The molecule has 0 amide bonds. The second-order valence-electron chi connectivity index (χ2n) is 4.79. The Labute approximate surface area is 136 Å². The van der Waals surface area contributed by atoms with Gasteiger partial charge in [-0.2, -0.15) is 0 Å². The van der Waals surface area contributed by atoms with Crippen molar-refractivity contribution in [2.24, 2.45) is 0 Å². The van der Waals surface area contributed by atoms with E-state index in [0.29, 0.717) is 6.61 Å². The van der Waals surface area contributed by atoms with Crippen LogP contribution < -0.4 is 9.47 Å². The van der Waals surface area contributed by atoms with E-state index >= 15 is 0 Å². The maximum atomic E-state index is 11.7. The molecule has 0 bridgehead atoms. The van der Waals surface area contributed by atoms with Crippen molar-refractivity contribution in [3.8, 4) is 11.5 Å². The molecule has 2 aromatic carbocycles. The normalized spacial score (nSPS) is 10.5. The molecule has 2 aromatic rings. The maximum Gasteiger partial charge on any atom is 0.331 e. The largest absolute Gasteiger partial charge is 0.497 e. The summed E-state index contributed by atoms with van der Waals surface area (Å²) in [5.74, 6) is 1.16. The van der Waals surface area contributed by atoms with Crippen molar-refractivity contribution in [3.63, 3.8) is 0 Å². The summed E-state index contributed by atoms with van der Waals surface area (Å²) < 4.78 is 15.7.